The molecule has 4 atom stereocenters. The van der Waals surface area contributed by atoms with Gasteiger partial charge in [0.05, 0.1) is 6.61 Å². The molecule has 0 aliphatic heterocycles. The Bertz CT molecular complexity index is 245. The zero-order chi connectivity index (χ0) is 14.4. The van der Waals surface area contributed by atoms with Crippen LogP contribution >= 0.6 is 0 Å². The normalized spacial score (nSPS) is 32.2. The molecule has 3 heteroatoms. The second-order valence-corrected chi connectivity index (χ2v) is 6.82. The second kappa shape index (κ2) is 8.23. The van der Waals surface area contributed by atoms with Crippen molar-refractivity contribution in [3.05, 3.63) is 0 Å². The van der Waals surface area contributed by atoms with Gasteiger partial charge in [0.15, 0.2) is 0 Å². The van der Waals surface area contributed by atoms with Crippen LogP contribution in [0.3, 0.4) is 0 Å². The summed E-state index contributed by atoms with van der Waals surface area (Å²) in [7, 11) is 3.92. The van der Waals surface area contributed by atoms with Crippen molar-refractivity contribution in [3.63, 3.8) is 0 Å². The van der Waals surface area contributed by atoms with E-state index in [9.17, 15) is 0 Å². The van der Waals surface area contributed by atoms with E-state index in [1.165, 1.54) is 19.4 Å². The molecule has 0 heterocycles. The summed E-state index contributed by atoms with van der Waals surface area (Å²) in [5.41, 5.74) is 0. The van der Waals surface area contributed by atoms with Crippen molar-refractivity contribution in [2.75, 3.05) is 33.9 Å². The molecule has 0 amide bonds. The van der Waals surface area contributed by atoms with Crippen molar-refractivity contribution in [1.82, 2.24) is 10.2 Å². The van der Waals surface area contributed by atoms with Crippen LogP contribution in [0.5, 0.6) is 0 Å². The zero-order valence-electron chi connectivity index (χ0n) is 13.8. The van der Waals surface area contributed by atoms with E-state index in [-0.39, 0.29) is 0 Å². The first-order chi connectivity index (χ1) is 8.99. The number of methoxy groups -OCH3 is 1. The summed E-state index contributed by atoms with van der Waals surface area (Å²) in [6, 6.07) is 1.27. The van der Waals surface area contributed by atoms with Crippen LogP contribution in [0.15, 0.2) is 0 Å². The number of ether oxygens (including phenoxy) is 1. The van der Waals surface area contributed by atoms with Gasteiger partial charge in [-0.2, -0.15) is 0 Å². The average Bonchev–Trinajstić information content (AvgIpc) is 2.33. The molecule has 0 saturated heterocycles. The van der Waals surface area contributed by atoms with Gasteiger partial charge >= 0.3 is 0 Å². The third-order valence-corrected chi connectivity index (χ3v) is 4.40. The van der Waals surface area contributed by atoms with Gasteiger partial charge < -0.3 is 10.1 Å². The Morgan fingerprint density at radius 1 is 1.26 bits per heavy atom. The summed E-state index contributed by atoms with van der Waals surface area (Å²) in [4.78, 5) is 2.66. The highest BCUT2D eigenvalue weighted by atomic mass is 16.5. The van der Waals surface area contributed by atoms with Crippen LogP contribution < -0.4 is 5.32 Å². The van der Waals surface area contributed by atoms with Crippen molar-refractivity contribution in [2.45, 2.75) is 52.6 Å². The van der Waals surface area contributed by atoms with Gasteiger partial charge in [-0.05, 0) is 37.6 Å². The van der Waals surface area contributed by atoms with Crippen LogP contribution in [0, 0.1) is 17.8 Å². The van der Waals surface area contributed by atoms with Gasteiger partial charge in [0.1, 0.15) is 0 Å². The molecule has 0 aromatic rings. The second-order valence-electron chi connectivity index (χ2n) is 6.82. The van der Waals surface area contributed by atoms with Crippen LogP contribution in [-0.4, -0.2) is 50.8 Å². The highest BCUT2D eigenvalue weighted by Gasteiger charge is 2.36. The van der Waals surface area contributed by atoms with Crippen molar-refractivity contribution < 1.29 is 4.74 Å². The Balaban J connectivity index is 2.77. The summed E-state index contributed by atoms with van der Waals surface area (Å²) in [5.74, 6) is 2.31. The fourth-order valence-corrected chi connectivity index (χ4v) is 3.78. The predicted octanol–water partition coefficient (Wildman–Crippen LogP) is 2.61. The van der Waals surface area contributed by atoms with E-state index < -0.39 is 0 Å². The summed E-state index contributed by atoms with van der Waals surface area (Å²) < 4.78 is 5.31. The summed E-state index contributed by atoms with van der Waals surface area (Å²) in [5, 5.41) is 3.56. The molecule has 0 aromatic carbocycles. The number of nitrogens with zero attached hydrogens (tertiary/aromatic N) is 1. The monoisotopic (exact) mass is 270 g/mol. The molecule has 1 aliphatic carbocycles. The first-order valence-corrected chi connectivity index (χ1v) is 7.89. The van der Waals surface area contributed by atoms with E-state index in [1.807, 2.05) is 0 Å². The van der Waals surface area contributed by atoms with Crippen LogP contribution in [0.25, 0.3) is 0 Å². The standard InChI is InChI=1S/C16H34N2O/c1-12(2)11-18(7-8-19-6)16-14(4)9-13(3)10-15(16)17-5/h12-17H,7-11H2,1-6H3. The number of likely N-dealkylation sites (N-methyl/N-ethyl adjacent to an activating group) is 1. The van der Waals surface area contributed by atoms with E-state index in [2.05, 4.69) is 45.0 Å². The van der Waals surface area contributed by atoms with E-state index >= 15 is 0 Å². The largest absolute Gasteiger partial charge is 0.383 e. The van der Waals surface area contributed by atoms with Gasteiger partial charge in [-0.3, -0.25) is 4.90 Å². The van der Waals surface area contributed by atoms with Crippen LogP contribution in [0.2, 0.25) is 0 Å². The highest BCUT2D eigenvalue weighted by Crippen LogP contribution is 2.32. The van der Waals surface area contributed by atoms with Crippen molar-refractivity contribution in [1.29, 1.82) is 0 Å². The minimum absolute atomic E-state index is 0.620. The average molecular weight is 270 g/mol. The number of rotatable bonds is 7. The van der Waals surface area contributed by atoms with Gasteiger partial charge in [0, 0.05) is 32.3 Å². The Kier molecular flexibility index (Phi) is 7.33. The number of nitrogens with one attached hydrogen (secondary N) is 1. The van der Waals surface area contributed by atoms with Gasteiger partial charge in [-0.25, -0.2) is 0 Å². The van der Waals surface area contributed by atoms with Crippen molar-refractivity contribution in [2.24, 2.45) is 17.8 Å². The molecule has 1 saturated carbocycles. The Labute approximate surface area is 120 Å². The van der Waals surface area contributed by atoms with Gasteiger partial charge in [-0.1, -0.05) is 27.7 Å². The summed E-state index contributed by atoms with van der Waals surface area (Å²) >= 11 is 0. The lowest BCUT2D eigenvalue weighted by molar-refractivity contribution is 0.0362. The molecular formula is C16H34N2O. The van der Waals surface area contributed by atoms with Crippen LogP contribution in [-0.2, 0) is 4.74 Å². The van der Waals surface area contributed by atoms with Crippen LogP contribution in [0.4, 0.5) is 0 Å². The topological polar surface area (TPSA) is 24.5 Å². The van der Waals surface area contributed by atoms with Crippen LogP contribution in [0.1, 0.15) is 40.5 Å². The Morgan fingerprint density at radius 3 is 2.47 bits per heavy atom. The van der Waals surface area contributed by atoms with E-state index in [0.717, 1.165) is 25.0 Å². The minimum Gasteiger partial charge on any atom is -0.383 e. The smallest absolute Gasteiger partial charge is 0.0589 e. The van der Waals surface area contributed by atoms with E-state index in [0.29, 0.717) is 18.0 Å². The molecule has 1 rings (SSSR count). The van der Waals surface area contributed by atoms with Gasteiger partial charge in [0.25, 0.3) is 0 Å². The minimum atomic E-state index is 0.620. The predicted molar refractivity (Wildman–Crippen MR) is 82.5 cm³/mol. The lowest BCUT2D eigenvalue weighted by atomic mass is 9.75. The van der Waals surface area contributed by atoms with Gasteiger partial charge in [-0.15, -0.1) is 0 Å². The molecule has 0 bridgehead atoms. The maximum atomic E-state index is 5.31. The molecule has 1 aliphatic rings. The molecule has 3 nitrogen and oxygen atoms in total. The summed E-state index contributed by atoms with van der Waals surface area (Å²) in [6.45, 7) is 12.5. The molecule has 1 fully saturated rings. The zero-order valence-corrected chi connectivity index (χ0v) is 13.8. The van der Waals surface area contributed by atoms with E-state index in [1.54, 1.807) is 7.11 Å². The molecule has 1 N–H and O–H groups in total. The molecule has 114 valence electrons. The molecule has 0 radical (unpaired) electrons. The fraction of sp³-hybridized carbons (Fsp3) is 1.00. The molecular weight excluding hydrogens is 236 g/mol. The highest BCUT2D eigenvalue weighted by molar-refractivity contribution is 4.93. The SMILES string of the molecule is CNC1CC(C)CC(C)C1N(CCOC)CC(C)C. The first kappa shape index (κ1) is 16.9. The Morgan fingerprint density at radius 2 is 1.95 bits per heavy atom. The van der Waals surface area contributed by atoms with Crippen molar-refractivity contribution >= 4 is 0 Å². The quantitative estimate of drug-likeness (QED) is 0.769. The maximum absolute atomic E-state index is 5.31. The van der Waals surface area contributed by atoms with E-state index in [4.69, 9.17) is 4.74 Å². The lowest BCUT2D eigenvalue weighted by Gasteiger charge is -2.46. The third kappa shape index (κ3) is 5.05. The molecule has 4 unspecified atom stereocenters. The van der Waals surface area contributed by atoms with Crippen molar-refractivity contribution in [3.8, 4) is 0 Å². The first-order valence-electron chi connectivity index (χ1n) is 7.89. The molecule has 0 aromatic heterocycles. The lowest BCUT2D eigenvalue weighted by Crippen LogP contribution is -2.57. The summed E-state index contributed by atoms with van der Waals surface area (Å²) in [6.07, 6.45) is 2.65. The number of hydrogen-bond donors (Lipinski definition) is 1. The fourth-order valence-electron chi connectivity index (χ4n) is 3.78. The maximum Gasteiger partial charge on any atom is 0.0589 e. The third-order valence-electron chi connectivity index (χ3n) is 4.40. The Hall–Kier alpha value is -0.120. The molecule has 19 heavy (non-hydrogen) atoms. The number of hydrogen-bond acceptors (Lipinski definition) is 3. The van der Waals surface area contributed by atoms with Gasteiger partial charge in [0.2, 0.25) is 0 Å². The molecule has 0 spiro atoms.